The van der Waals surface area contributed by atoms with E-state index in [1.54, 1.807) is 6.07 Å². The number of halogens is 1. The number of hydrogen-bond donors (Lipinski definition) is 4. The van der Waals surface area contributed by atoms with Crippen LogP contribution in [0, 0.1) is 5.82 Å². The van der Waals surface area contributed by atoms with Gasteiger partial charge in [0.1, 0.15) is 11.6 Å². The maximum atomic E-state index is 13.1. The number of fused-ring (bicyclic) bond motifs is 1. The van der Waals surface area contributed by atoms with Gasteiger partial charge in [0.2, 0.25) is 5.91 Å². The van der Waals surface area contributed by atoms with Gasteiger partial charge in [0.15, 0.2) is 0 Å². The Kier molecular flexibility index (Phi) is 4.96. The minimum atomic E-state index is -0.787. The van der Waals surface area contributed by atoms with Gasteiger partial charge in [-0.25, -0.2) is 4.39 Å². The molecule has 2 amide bonds. The minimum absolute atomic E-state index is 0.0431. The molecule has 134 valence electrons. The summed E-state index contributed by atoms with van der Waals surface area (Å²) in [6.45, 7) is 0. The first-order valence-corrected chi connectivity index (χ1v) is 9.02. The normalized spacial score (nSPS) is 10.8. The first kappa shape index (κ1) is 18.0. The number of carbonyl (C=O) groups excluding carboxylic acids is 2. The van der Waals surface area contributed by atoms with Gasteiger partial charge in [-0.1, -0.05) is 6.07 Å². The third-order valence-electron chi connectivity index (χ3n) is 3.31. The van der Waals surface area contributed by atoms with E-state index in [0.29, 0.717) is 14.6 Å². The Morgan fingerprint density at radius 3 is 2.81 bits per heavy atom. The molecule has 0 aliphatic heterocycles. The zero-order chi connectivity index (χ0) is 18.8. The lowest BCUT2D eigenvalue weighted by atomic mass is 10.2. The van der Waals surface area contributed by atoms with E-state index in [2.05, 4.69) is 10.3 Å². The summed E-state index contributed by atoms with van der Waals surface area (Å²) in [5.41, 5.74) is 5.30. The Bertz CT molecular complexity index is 1080. The largest absolute Gasteiger partial charge is 0.506 e. The zero-order valence-electron chi connectivity index (χ0n) is 13.0. The molecule has 0 aliphatic carbocycles. The van der Waals surface area contributed by atoms with Gasteiger partial charge in [-0.3, -0.25) is 14.4 Å². The molecule has 0 spiro atoms. The molecule has 3 rings (SSSR count). The van der Waals surface area contributed by atoms with Crippen LogP contribution in [-0.4, -0.2) is 27.7 Å². The van der Waals surface area contributed by atoms with E-state index in [9.17, 15) is 23.9 Å². The number of thiophene rings is 1. The van der Waals surface area contributed by atoms with Crippen LogP contribution in [0.1, 0.15) is 10.4 Å². The fourth-order valence-electron chi connectivity index (χ4n) is 2.28. The van der Waals surface area contributed by atoms with E-state index < -0.39 is 23.2 Å². The van der Waals surface area contributed by atoms with E-state index in [4.69, 9.17) is 5.73 Å². The van der Waals surface area contributed by atoms with Crippen molar-refractivity contribution in [2.75, 3.05) is 11.1 Å². The summed E-state index contributed by atoms with van der Waals surface area (Å²) in [5.74, 6) is -2.02. The van der Waals surface area contributed by atoms with Crippen molar-refractivity contribution in [2.24, 2.45) is 5.73 Å². The molecule has 2 heterocycles. The van der Waals surface area contributed by atoms with Crippen molar-refractivity contribution in [3.05, 3.63) is 52.1 Å². The lowest BCUT2D eigenvalue weighted by Gasteiger charge is -2.05. The lowest BCUT2D eigenvalue weighted by molar-refractivity contribution is -0.113. The van der Waals surface area contributed by atoms with E-state index in [1.165, 1.54) is 18.2 Å². The molecule has 0 atom stereocenters. The van der Waals surface area contributed by atoms with E-state index >= 15 is 0 Å². The van der Waals surface area contributed by atoms with Crippen LogP contribution in [0.15, 0.2) is 39.3 Å². The number of amides is 2. The number of aromatic hydroxyl groups is 1. The molecule has 0 saturated carbocycles. The molecule has 0 saturated heterocycles. The highest BCUT2D eigenvalue weighted by Crippen LogP contribution is 2.40. The highest BCUT2D eigenvalue weighted by molar-refractivity contribution is 8.02. The van der Waals surface area contributed by atoms with Crippen molar-refractivity contribution in [1.82, 2.24) is 4.98 Å². The number of aromatic amines is 1. The number of H-pyrrole nitrogens is 1. The molecular formula is C16H12FN3O4S2. The molecule has 5 N–H and O–H groups in total. The third-order valence-corrected chi connectivity index (χ3v) is 5.80. The van der Waals surface area contributed by atoms with Crippen molar-refractivity contribution in [1.29, 1.82) is 0 Å². The molecule has 2 aromatic heterocycles. The number of primary amides is 1. The van der Waals surface area contributed by atoms with Gasteiger partial charge < -0.3 is 21.1 Å². The lowest BCUT2D eigenvalue weighted by Crippen LogP contribution is -2.15. The van der Waals surface area contributed by atoms with Crippen LogP contribution in [0.5, 0.6) is 5.75 Å². The number of hydrogen-bond acceptors (Lipinski definition) is 6. The number of rotatable bonds is 5. The third kappa shape index (κ3) is 3.70. The number of nitrogens with one attached hydrogen (secondary N) is 2. The summed E-state index contributed by atoms with van der Waals surface area (Å²) in [6.07, 6.45) is 0. The number of nitrogens with two attached hydrogens (primary N) is 1. The number of pyridine rings is 1. The Morgan fingerprint density at radius 2 is 2.12 bits per heavy atom. The van der Waals surface area contributed by atoms with Crippen molar-refractivity contribution in [2.45, 2.75) is 4.21 Å². The van der Waals surface area contributed by atoms with Gasteiger partial charge in [-0.2, -0.15) is 0 Å². The van der Waals surface area contributed by atoms with Gasteiger partial charge in [0.25, 0.3) is 11.5 Å². The summed E-state index contributed by atoms with van der Waals surface area (Å²) in [4.78, 5) is 37.8. The summed E-state index contributed by atoms with van der Waals surface area (Å²) in [6, 6.07) is 6.44. The van der Waals surface area contributed by atoms with Crippen LogP contribution in [0.2, 0.25) is 0 Å². The Hall–Kier alpha value is -2.85. The molecule has 0 fully saturated rings. The van der Waals surface area contributed by atoms with Crippen LogP contribution in [0.25, 0.3) is 10.2 Å². The summed E-state index contributed by atoms with van der Waals surface area (Å²) in [7, 11) is 0. The van der Waals surface area contributed by atoms with E-state index in [0.717, 1.165) is 29.2 Å². The predicted octanol–water partition coefficient (Wildman–Crippen LogP) is 2.26. The average molecular weight is 393 g/mol. The van der Waals surface area contributed by atoms with Crippen LogP contribution >= 0.6 is 23.1 Å². The molecule has 1 aromatic carbocycles. The van der Waals surface area contributed by atoms with Crippen molar-refractivity contribution >= 4 is 50.8 Å². The smallest absolute Gasteiger partial charge is 0.252 e. The number of aromatic nitrogens is 1. The van der Waals surface area contributed by atoms with Crippen molar-refractivity contribution in [3.8, 4) is 5.75 Å². The monoisotopic (exact) mass is 393 g/mol. The fourth-order valence-corrected chi connectivity index (χ4v) is 4.53. The predicted molar refractivity (Wildman–Crippen MR) is 98.4 cm³/mol. The zero-order valence-corrected chi connectivity index (χ0v) is 14.7. The van der Waals surface area contributed by atoms with Gasteiger partial charge in [-0.15, -0.1) is 23.1 Å². The summed E-state index contributed by atoms with van der Waals surface area (Å²) >= 11 is 2.07. The number of carbonyl (C=O) groups is 2. The Balaban J connectivity index is 1.83. The summed E-state index contributed by atoms with van der Waals surface area (Å²) in [5, 5.41) is 12.4. The van der Waals surface area contributed by atoms with Gasteiger partial charge >= 0.3 is 0 Å². The molecule has 0 unspecified atom stereocenters. The molecule has 3 aromatic rings. The number of anilines is 1. The van der Waals surface area contributed by atoms with Crippen molar-refractivity contribution in [3.63, 3.8) is 0 Å². The van der Waals surface area contributed by atoms with E-state index in [-0.39, 0.29) is 22.6 Å². The number of thioether (sulfide) groups is 1. The van der Waals surface area contributed by atoms with Gasteiger partial charge in [0, 0.05) is 11.8 Å². The van der Waals surface area contributed by atoms with Crippen LogP contribution < -0.4 is 16.6 Å². The highest BCUT2D eigenvalue weighted by atomic mass is 32.2. The minimum Gasteiger partial charge on any atom is -0.506 e. The first-order chi connectivity index (χ1) is 12.3. The molecule has 7 nitrogen and oxygen atoms in total. The van der Waals surface area contributed by atoms with Crippen LogP contribution in [0.3, 0.4) is 0 Å². The molecule has 0 aliphatic rings. The number of benzene rings is 1. The highest BCUT2D eigenvalue weighted by Gasteiger charge is 2.21. The second-order valence-corrected chi connectivity index (χ2v) is 7.46. The average Bonchev–Trinajstić information content (AvgIpc) is 2.91. The maximum Gasteiger partial charge on any atom is 0.252 e. The topological polar surface area (TPSA) is 125 Å². The second kappa shape index (κ2) is 7.18. The van der Waals surface area contributed by atoms with Crippen LogP contribution in [-0.2, 0) is 4.79 Å². The molecule has 0 radical (unpaired) electrons. The Morgan fingerprint density at radius 1 is 1.35 bits per heavy atom. The SMILES string of the molecule is NC(=O)c1c(SCC(=O)Nc2cccc(F)c2)sc2c(O)cc(=O)[nH]c12. The fraction of sp³-hybridized carbons (Fsp3) is 0.0625. The van der Waals surface area contributed by atoms with Gasteiger partial charge in [-0.05, 0) is 18.2 Å². The van der Waals surface area contributed by atoms with Gasteiger partial charge in [0.05, 0.1) is 25.7 Å². The Labute approximate surface area is 154 Å². The molecule has 0 bridgehead atoms. The molecule has 26 heavy (non-hydrogen) atoms. The maximum absolute atomic E-state index is 13.1. The first-order valence-electron chi connectivity index (χ1n) is 7.22. The second-order valence-electron chi connectivity index (χ2n) is 5.20. The van der Waals surface area contributed by atoms with E-state index in [1.807, 2.05) is 0 Å². The quantitative estimate of drug-likeness (QED) is 0.495. The van der Waals surface area contributed by atoms with Crippen molar-refractivity contribution < 1.29 is 19.1 Å². The summed E-state index contributed by atoms with van der Waals surface area (Å²) < 4.78 is 13.8. The standard InChI is InChI=1S/C16H12FN3O4S2/c17-7-2-1-3-8(4-7)19-11(23)6-25-16-12(15(18)24)13-14(26-16)9(21)5-10(22)20-13/h1-5H,6H2,(H2,18,24)(H,19,23)(H2,20,21,22). The van der Waals surface area contributed by atoms with Crippen LogP contribution in [0.4, 0.5) is 10.1 Å². The molecular weight excluding hydrogens is 381 g/mol. The molecule has 10 heteroatoms.